The number of para-hydroxylation sites is 1. The van der Waals surface area contributed by atoms with Gasteiger partial charge in [0.15, 0.2) is 6.61 Å². The van der Waals surface area contributed by atoms with E-state index in [9.17, 15) is 4.79 Å². The molecule has 1 atom stereocenters. The number of carbonyl (C=O) groups is 1. The molecule has 3 nitrogen and oxygen atoms in total. The Hall–Kier alpha value is -1.03. The average Bonchev–Trinajstić information content (AvgIpc) is 2.46. The predicted molar refractivity (Wildman–Crippen MR) is 79.3 cm³/mol. The quantitative estimate of drug-likeness (QED) is 0.846. The number of piperidine rings is 1. The lowest BCUT2D eigenvalue weighted by Crippen LogP contribution is -2.45. The van der Waals surface area contributed by atoms with Crippen LogP contribution >= 0.6 is 15.9 Å². The third kappa shape index (κ3) is 3.72. The molecule has 1 fully saturated rings. The van der Waals surface area contributed by atoms with Gasteiger partial charge in [-0.2, -0.15) is 0 Å². The maximum Gasteiger partial charge on any atom is 0.260 e. The van der Waals surface area contributed by atoms with Crippen LogP contribution in [-0.2, 0) is 4.79 Å². The second-order valence-corrected chi connectivity index (χ2v) is 5.72. The van der Waals surface area contributed by atoms with E-state index in [1.165, 1.54) is 6.42 Å². The first-order valence-corrected chi connectivity index (χ1v) is 7.68. The van der Waals surface area contributed by atoms with Gasteiger partial charge in [-0.05, 0) is 53.7 Å². The van der Waals surface area contributed by atoms with Crippen molar-refractivity contribution in [3.05, 3.63) is 28.7 Å². The van der Waals surface area contributed by atoms with Crippen molar-refractivity contribution in [2.75, 3.05) is 13.2 Å². The Morgan fingerprint density at radius 2 is 2.21 bits per heavy atom. The van der Waals surface area contributed by atoms with Gasteiger partial charge in [0.2, 0.25) is 0 Å². The van der Waals surface area contributed by atoms with E-state index >= 15 is 0 Å². The molecule has 1 aliphatic heterocycles. The van der Waals surface area contributed by atoms with E-state index < -0.39 is 0 Å². The van der Waals surface area contributed by atoms with E-state index in [1.54, 1.807) is 0 Å². The molecule has 0 N–H and O–H groups in total. The van der Waals surface area contributed by atoms with Gasteiger partial charge in [-0.3, -0.25) is 4.79 Å². The van der Waals surface area contributed by atoms with E-state index in [-0.39, 0.29) is 12.5 Å². The lowest BCUT2D eigenvalue weighted by atomic mass is 10.00. The number of likely N-dealkylation sites (tertiary alicyclic amines) is 1. The van der Waals surface area contributed by atoms with Gasteiger partial charge in [0.25, 0.3) is 5.91 Å². The van der Waals surface area contributed by atoms with Gasteiger partial charge in [0.1, 0.15) is 5.75 Å². The maximum atomic E-state index is 12.2. The zero-order valence-corrected chi connectivity index (χ0v) is 12.9. The monoisotopic (exact) mass is 325 g/mol. The fourth-order valence-electron chi connectivity index (χ4n) is 2.54. The van der Waals surface area contributed by atoms with Crippen LogP contribution < -0.4 is 4.74 Å². The van der Waals surface area contributed by atoms with Crippen molar-refractivity contribution >= 4 is 21.8 Å². The van der Waals surface area contributed by atoms with Gasteiger partial charge in [0, 0.05) is 12.6 Å². The van der Waals surface area contributed by atoms with Crippen molar-refractivity contribution in [1.29, 1.82) is 0 Å². The number of carbonyl (C=O) groups excluding carboxylic acids is 1. The van der Waals surface area contributed by atoms with Crippen LogP contribution in [0, 0.1) is 0 Å². The molecular weight excluding hydrogens is 306 g/mol. The van der Waals surface area contributed by atoms with E-state index in [1.807, 2.05) is 29.2 Å². The highest BCUT2D eigenvalue weighted by molar-refractivity contribution is 9.10. The van der Waals surface area contributed by atoms with Crippen molar-refractivity contribution < 1.29 is 9.53 Å². The molecule has 4 heteroatoms. The first-order chi connectivity index (χ1) is 9.22. The smallest absolute Gasteiger partial charge is 0.260 e. The van der Waals surface area contributed by atoms with Crippen LogP contribution in [0.4, 0.5) is 0 Å². The fraction of sp³-hybridized carbons (Fsp3) is 0.533. The Morgan fingerprint density at radius 3 is 2.95 bits per heavy atom. The second kappa shape index (κ2) is 6.94. The molecular formula is C15H20BrNO2. The number of hydrogen-bond donors (Lipinski definition) is 0. The molecule has 2 rings (SSSR count). The van der Waals surface area contributed by atoms with Crippen molar-refractivity contribution in [3.8, 4) is 5.75 Å². The average molecular weight is 326 g/mol. The van der Waals surface area contributed by atoms with Gasteiger partial charge in [-0.1, -0.05) is 19.1 Å². The summed E-state index contributed by atoms with van der Waals surface area (Å²) in [5.41, 5.74) is 0. The highest BCUT2D eigenvalue weighted by atomic mass is 79.9. The van der Waals surface area contributed by atoms with Gasteiger partial charge >= 0.3 is 0 Å². The Kier molecular flexibility index (Phi) is 5.25. The summed E-state index contributed by atoms with van der Waals surface area (Å²) >= 11 is 3.42. The number of rotatable bonds is 4. The third-order valence-electron chi connectivity index (χ3n) is 3.61. The number of ether oxygens (including phenoxy) is 1. The number of halogens is 1. The van der Waals surface area contributed by atoms with Crippen molar-refractivity contribution in [1.82, 2.24) is 4.90 Å². The first-order valence-electron chi connectivity index (χ1n) is 6.89. The highest BCUT2D eigenvalue weighted by Gasteiger charge is 2.25. The first kappa shape index (κ1) is 14.4. The summed E-state index contributed by atoms with van der Waals surface area (Å²) in [6, 6.07) is 8.00. The molecule has 0 aliphatic carbocycles. The lowest BCUT2D eigenvalue weighted by molar-refractivity contribution is -0.137. The predicted octanol–water partition coefficient (Wildman–Crippen LogP) is 3.62. The minimum atomic E-state index is 0.0994. The van der Waals surface area contributed by atoms with Gasteiger partial charge in [-0.15, -0.1) is 0 Å². The highest BCUT2D eigenvalue weighted by Crippen LogP contribution is 2.24. The largest absolute Gasteiger partial charge is 0.483 e. The molecule has 1 aromatic carbocycles. The van der Waals surface area contributed by atoms with Crippen LogP contribution in [-0.4, -0.2) is 30.0 Å². The molecule has 1 aliphatic rings. The molecule has 1 aromatic rings. The van der Waals surface area contributed by atoms with E-state index in [2.05, 4.69) is 22.9 Å². The topological polar surface area (TPSA) is 29.5 Å². The molecule has 1 amide bonds. The normalized spacial score (nSPS) is 19.3. The SMILES string of the molecule is CCC1CCCCN1C(=O)COc1ccccc1Br. The molecule has 1 saturated heterocycles. The van der Waals surface area contributed by atoms with E-state index in [0.717, 1.165) is 36.0 Å². The van der Waals surface area contributed by atoms with Gasteiger partial charge in [-0.25, -0.2) is 0 Å². The van der Waals surface area contributed by atoms with E-state index in [0.29, 0.717) is 6.04 Å². The van der Waals surface area contributed by atoms with Crippen LogP contribution in [0.3, 0.4) is 0 Å². The Labute approximate surface area is 123 Å². The van der Waals surface area contributed by atoms with Gasteiger partial charge < -0.3 is 9.64 Å². The lowest BCUT2D eigenvalue weighted by Gasteiger charge is -2.35. The molecule has 104 valence electrons. The summed E-state index contributed by atoms with van der Waals surface area (Å²) < 4.78 is 6.49. The summed E-state index contributed by atoms with van der Waals surface area (Å²) in [5.74, 6) is 0.822. The van der Waals surface area contributed by atoms with Crippen LogP contribution in [0.15, 0.2) is 28.7 Å². The van der Waals surface area contributed by atoms with Crippen LogP contribution in [0.2, 0.25) is 0 Å². The van der Waals surface area contributed by atoms with Crippen molar-refractivity contribution in [2.24, 2.45) is 0 Å². The summed E-state index contributed by atoms with van der Waals surface area (Å²) in [6.45, 7) is 3.14. The van der Waals surface area contributed by atoms with Crippen LogP contribution in [0.5, 0.6) is 5.75 Å². The zero-order valence-electron chi connectivity index (χ0n) is 11.3. The van der Waals surface area contributed by atoms with Crippen LogP contribution in [0.25, 0.3) is 0 Å². The van der Waals surface area contributed by atoms with E-state index in [4.69, 9.17) is 4.74 Å². The summed E-state index contributed by atoms with van der Waals surface area (Å²) in [4.78, 5) is 14.2. The standard InChI is InChI=1S/C15H20BrNO2/c1-2-12-7-5-6-10-17(12)15(18)11-19-14-9-4-3-8-13(14)16/h3-4,8-9,12H,2,5-7,10-11H2,1H3. The Balaban J connectivity index is 1.92. The Morgan fingerprint density at radius 1 is 1.42 bits per heavy atom. The van der Waals surface area contributed by atoms with Crippen molar-refractivity contribution in [3.63, 3.8) is 0 Å². The molecule has 19 heavy (non-hydrogen) atoms. The summed E-state index contributed by atoms with van der Waals surface area (Å²) in [5, 5.41) is 0. The molecule has 0 spiro atoms. The zero-order chi connectivity index (χ0) is 13.7. The van der Waals surface area contributed by atoms with Gasteiger partial charge in [0.05, 0.1) is 4.47 Å². The summed E-state index contributed by atoms with van der Waals surface area (Å²) in [7, 11) is 0. The second-order valence-electron chi connectivity index (χ2n) is 4.86. The number of hydrogen-bond acceptors (Lipinski definition) is 2. The molecule has 1 unspecified atom stereocenters. The Bertz CT molecular complexity index is 436. The molecule has 0 saturated carbocycles. The third-order valence-corrected chi connectivity index (χ3v) is 4.26. The number of amides is 1. The van der Waals surface area contributed by atoms with Crippen molar-refractivity contribution in [2.45, 2.75) is 38.6 Å². The minimum absolute atomic E-state index is 0.0994. The minimum Gasteiger partial charge on any atom is -0.483 e. The molecule has 0 radical (unpaired) electrons. The number of benzene rings is 1. The molecule has 1 heterocycles. The maximum absolute atomic E-state index is 12.2. The molecule has 0 bridgehead atoms. The van der Waals surface area contributed by atoms with Crippen LogP contribution in [0.1, 0.15) is 32.6 Å². The summed E-state index contributed by atoms with van der Waals surface area (Å²) in [6.07, 6.45) is 4.49. The fourth-order valence-corrected chi connectivity index (χ4v) is 2.94. The molecule has 0 aromatic heterocycles. The number of nitrogens with zero attached hydrogens (tertiary/aromatic N) is 1.